The number of nitrogens with zero attached hydrogens (tertiary/aromatic N) is 2. The van der Waals surface area contributed by atoms with E-state index in [4.69, 9.17) is 9.68 Å². The number of unbranched alkanes of at least 4 members (excludes halogenated alkanes) is 1. The van der Waals surface area contributed by atoms with Gasteiger partial charge in [0, 0.05) is 19.9 Å². The van der Waals surface area contributed by atoms with E-state index in [-0.39, 0.29) is 0 Å². The second-order valence-electron chi connectivity index (χ2n) is 3.97. The molecule has 1 aromatic heterocycles. The van der Waals surface area contributed by atoms with Crippen molar-refractivity contribution in [1.29, 1.82) is 5.26 Å². The highest BCUT2D eigenvalue weighted by molar-refractivity contribution is 5.73. The van der Waals surface area contributed by atoms with Crippen molar-refractivity contribution >= 4 is 11.1 Å². The summed E-state index contributed by atoms with van der Waals surface area (Å²) in [7, 11) is 0. The van der Waals surface area contributed by atoms with E-state index in [0.29, 0.717) is 12.3 Å². The number of nitrogens with one attached hydrogen (secondary N) is 1. The van der Waals surface area contributed by atoms with Gasteiger partial charge in [0.05, 0.1) is 6.07 Å². The molecular formula is C13H15N3O. The van der Waals surface area contributed by atoms with E-state index >= 15 is 0 Å². The van der Waals surface area contributed by atoms with E-state index in [2.05, 4.69) is 16.4 Å². The third-order valence-corrected chi connectivity index (χ3v) is 2.53. The van der Waals surface area contributed by atoms with Crippen molar-refractivity contribution in [3.05, 3.63) is 29.7 Å². The molecule has 0 atom stereocenters. The monoisotopic (exact) mass is 229 g/mol. The zero-order chi connectivity index (χ0) is 12.1. The number of aromatic nitrogens is 1. The van der Waals surface area contributed by atoms with Crippen molar-refractivity contribution in [3.8, 4) is 6.07 Å². The van der Waals surface area contributed by atoms with Crippen LogP contribution in [-0.2, 0) is 6.54 Å². The molecular weight excluding hydrogens is 214 g/mol. The molecule has 2 aromatic rings. The van der Waals surface area contributed by atoms with Gasteiger partial charge in [-0.15, -0.1) is 0 Å². The Morgan fingerprint density at radius 1 is 1.47 bits per heavy atom. The average molecular weight is 229 g/mol. The van der Waals surface area contributed by atoms with Crippen LogP contribution >= 0.6 is 0 Å². The number of oxazole rings is 1. The lowest BCUT2D eigenvalue weighted by molar-refractivity contribution is 0.561. The lowest BCUT2D eigenvalue weighted by atomic mass is 10.2. The summed E-state index contributed by atoms with van der Waals surface area (Å²) in [5.74, 6) is 0.694. The molecule has 0 radical (unpaired) electrons. The first-order chi connectivity index (χ1) is 8.29. The van der Waals surface area contributed by atoms with Crippen LogP contribution in [0.5, 0.6) is 0 Å². The van der Waals surface area contributed by atoms with Crippen molar-refractivity contribution in [2.75, 3.05) is 6.54 Å². The highest BCUT2D eigenvalue weighted by Crippen LogP contribution is 2.16. The van der Waals surface area contributed by atoms with Crippen LogP contribution in [0.3, 0.4) is 0 Å². The molecule has 1 N–H and O–H groups in total. The lowest BCUT2D eigenvalue weighted by Crippen LogP contribution is -2.14. The normalized spacial score (nSPS) is 10.6. The molecule has 0 amide bonds. The number of fused-ring (bicyclic) bond motifs is 1. The quantitative estimate of drug-likeness (QED) is 0.800. The standard InChI is InChI=1S/C13H15N3O/c1-10-16-12-8-11(4-5-13(12)17-10)9-15-7-3-2-6-14/h4-5,8,15H,2-3,7,9H2,1H3. The van der Waals surface area contributed by atoms with Crippen LogP contribution in [0.2, 0.25) is 0 Å². The van der Waals surface area contributed by atoms with E-state index in [0.717, 1.165) is 30.6 Å². The molecule has 0 saturated heterocycles. The van der Waals surface area contributed by atoms with Gasteiger partial charge in [-0.05, 0) is 30.7 Å². The first kappa shape index (κ1) is 11.6. The average Bonchev–Trinajstić information content (AvgIpc) is 2.68. The molecule has 0 fully saturated rings. The van der Waals surface area contributed by atoms with Crippen LogP contribution in [0, 0.1) is 18.3 Å². The van der Waals surface area contributed by atoms with Crippen LogP contribution in [0.15, 0.2) is 22.6 Å². The molecule has 2 rings (SSSR count). The van der Waals surface area contributed by atoms with Crippen molar-refractivity contribution < 1.29 is 4.42 Å². The Morgan fingerprint density at radius 2 is 2.35 bits per heavy atom. The minimum absolute atomic E-state index is 0.606. The van der Waals surface area contributed by atoms with Crippen LogP contribution in [0.1, 0.15) is 24.3 Å². The Balaban J connectivity index is 1.93. The van der Waals surface area contributed by atoms with Crippen LogP contribution in [0.4, 0.5) is 0 Å². The minimum atomic E-state index is 0.606. The Bertz CT molecular complexity index is 539. The van der Waals surface area contributed by atoms with Crippen LogP contribution < -0.4 is 5.32 Å². The summed E-state index contributed by atoms with van der Waals surface area (Å²) in [6.07, 6.45) is 1.50. The van der Waals surface area contributed by atoms with Crippen LogP contribution in [-0.4, -0.2) is 11.5 Å². The predicted octanol–water partition coefficient (Wildman–Crippen LogP) is 2.53. The Kier molecular flexibility index (Phi) is 3.73. The number of hydrogen-bond acceptors (Lipinski definition) is 4. The fraction of sp³-hybridized carbons (Fsp3) is 0.385. The fourth-order valence-corrected chi connectivity index (χ4v) is 1.72. The summed E-state index contributed by atoms with van der Waals surface area (Å²) in [5, 5.41) is 11.7. The van der Waals surface area contributed by atoms with Gasteiger partial charge >= 0.3 is 0 Å². The zero-order valence-corrected chi connectivity index (χ0v) is 9.86. The molecule has 0 spiro atoms. The first-order valence-electron chi connectivity index (χ1n) is 5.73. The largest absolute Gasteiger partial charge is 0.441 e. The molecule has 0 bridgehead atoms. The van der Waals surface area contributed by atoms with Gasteiger partial charge < -0.3 is 9.73 Å². The van der Waals surface area contributed by atoms with Gasteiger partial charge in [-0.1, -0.05) is 6.07 Å². The molecule has 0 saturated carbocycles. The highest BCUT2D eigenvalue weighted by atomic mass is 16.3. The highest BCUT2D eigenvalue weighted by Gasteiger charge is 2.02. The van der Waals surface area contributed by atoms with E-state index < -0.39 is 0 Å². The fourth-order valence-electron chi connectivity index (χ4n) is 1.72. The third-order valence-electron chi connectivity index (χ3n) is 2.53. The summed E-state index contributed by atoms with van der Waals surface area (Å²) < 4.78 is 5.41. The molecule has 4 heteroatoms. The topological polar surface area (TPSA) is 61.9 Å². The predicted molar refractivity (Wildman–Crippen MR) is 65.3 cm³/mol. The summed E-state index contributed by atoms with van der Waals surface area (Å²) in [6.45, 7) is 3.51. The Hall–Kier alpha value is -1.86. The van der Waals surface area contributed by atoms with E-state index in [1.54, 1.807) is 0 Å². The van der Waals surface area contributed by atoms with Gasteiger partial charge in [0.15, 0.2) is 11.5 Å². The number of aryl methyl sites for hydroxylation is 1. The van der Waals surface area contributed by atoms with Crippen molar-refractivity contribution in [3.63, 3.8) is 0 Å². The van der Waals surface area contributed by atoms with Crippen molar-refractivity contribution in [1.82, 2.24) is 10.3 Å². The van der Waals surface area contributed by atoms with Gasteiger partial charge in [-0.2, -0.15) is 5.26 Å². The molecule has 1 aromatic carbocycles. The van der Waals surface area contributed by atoms with Gasteiger partial charge in [-0.25, -0.2) is 4.98 Å². The number of rotatable bonds is 5. The number of hydrogen-bond donors (Lipinski definition) is 1. The minimum Gasteiger partial charge on any atom is -0.441 e. The summed E-state index contributed by atoms with van der Waals surface area (Å²) in [4.78, 5) is 4.29. The molecule has 0 aliphatic heterocycles. The molecule has 4 nitrogen and oxygen atoms in total. The number of benzene rings is 1. The smallest absolute Gasteiger partial charge is 0.192 e. The van der Waals surface area contributed by atoms with E-state index in [9.17, 15) is 0 Å². The summed E-state index contributed by atoms with van der Waals surface area (Å²) >= 11 is 0. The van der Waals surface area contributed by atoms with E-state index in [1.165, 1.54) is 5.56 Å². The molecule has 1 heterocycles. The Morgan fingerprint density at radius 3 is 3.18 bits per heavy atom. The maximum absolute atomic E-state index is 8.41. The maximum Gasteiger partial charge on any atom is 0.192 e. The first-order valence-corrected chi connectivity index (χ1v) is 5.73. The molecule has 17 heavy (non-hydrogen) atoms. The van der Waals surface area contributed by atoms with Gasteiger partial charge in [0.2, 0.25) is 0 Å². The zero-order valence-electron chi connectivity index (χ0n) is 9.86. The molecule has 0 aliphatic carbocycles. The van der Waals surface area contributed by atoms with Crippen LogP contribution in [0.25, 0.3) is 11.1 Å². The third kappa shape index (κ3) is 3.05. The van der Waals surface area contributed by atoms with Crippen molar-refractivity contribution in [2.24, 2.45) is 0 Å². The molecule has 0 unspecified atom stereocenters. The second-order valence-corrected chi connectivity index (χ2v) is 3.97. The molecule has 0 aliphatic rings. The van der Waals surface area contributed by atoms with Gasteiger partial charge in [-0.3, -0.25) is 0 Å². The SMILES string of the molecule is Cc1nc2cc(CNCCCC#N)ccc2o1. The van der Waals surface area contributed by atoms with E-state index in [1.807, 2.05) is 25.1 Å². The van der Waals surface area contributed by atoms with Gasteiger partial charge in [0.1, 0.15) is 5.52 Å². The van der Waals surface area contributed by atoms with Crippen molar-refractivity contribution in [2.45, 2.75) is 26.3 Å². The number of nitriles is 1. The summed E-state index contributed by atoms with van der Waals surface area (Å²) in [5.41, 5.74) is 2.91. The summed E-state index contributed by atoms with van der Waals surface area (Å²) in [6, 6.07) is 8.14. The second kappa shape index (κ2) is 5.46. The Labute approximate surface area is 100 Å². The van der Waals surface area contributed by atoms with Gasteiger partial charge in [0.25, 0.3) is 0 Å². The molecule has 88 valence electrons. The maximum atomic E-state index is 8.41. The lowest BCUT2D eigenvalue weighted by Gasteiger charge is -2.02.